The summed E-state index contributed by atoms with van der Waals surface area (Å²) in [4.78, 5) is 11.0. The summed E-state index contributed by atoms with van der Waals surface area (Å²) in [5.74, 6) is 0.681. The second kappa shape index (κ2) is 14.5. The van der Waals surface area contributed by atoms with E-state index in [2.05, 4.69) is 241 Å². The molecule has 3 heteroatoms. The topological polar surface area (TPSA) is 30.7 Å². The van der Waals surface area contributed by atoms with Crippen molar-refractivity contribution in [1.29, 1.82) is 0 Å². The second-order valence-corrected chi connectivity index (χ2v) is 16.1. The van der Waals surface area contributed by atoms with Gasteiger partial charge in [0.25, 0.3) is 0 Å². The van der Waals surface area contributed by atoms with E-state index in [0.29, 0.717) is 5.82 Å². The van der Waals surface area contributed by atoms with Crippen LogP contribution in [-0.2, 0) is 5.41 Å². The lowest BCUT2D eigenvalue weighted by Gasteiger charge is -2.34. The maximum absolute atomic E-state index is 5.49. The molecule has 62 heavy (non-hydrogen) atoms. The minimum Gasteiger partial charge on any atom is -0.309 e. The first kappa shape index (κ1) is 35.8. The molecule has 11 aromatic rings. The van der Waals surface area contributed by atoms with Crippen molar-refractivity contribution in [3.8, 4) is 61.8 Å². The largest absolute Gasteiger partial charge is 0.309 e. The standard InChI is InChI=1S/C59H39N3/c1-6-20-40(21-7-1)54-39-55(41-22-8-2-9-23-41)61-58(60-54)51-38-53-49(46-30-16-18-32-52(46)59(53,43-24-10-3-11-25-43)44-26-12-4-13-27-44)37-48(51)42-34-35-57-50(36-42)47-31-17-19-33-56(47)62(57)45-28-14-5-15-29-45/h1-39H. The molecule has 0 saturated carbocycles. The molecule has 9 aromatic carbocycles. The molecule has 0 spiro atoms. The Morgan fingerprint density at radius 3 is 1.50 bits per heavy atom. The minimum atomic E-state index is -0.589. The Morgan fingerprint density at radius 2 is 0.855 bits per heavy atom. The number of fused-ring (bicyclic) bond motifs is 6. The van der Waals surface area contributed by atoms with Crippen molar-refractivity contribution >= 4 is 21.8 Å². The van der Waals surface area contributed by atoms with Crippen molar-refractivity contribution in [3.05, 3.63) is 259 Å². The summed E-state index contributed by atoms with van der Waals surface area (Å²) in [7, 11) is 0. The van der Waals surface area contributed by atoms with Crippen LogP contribution in [0.25, 0.3) is 83.6 Å². The van der Waals surface area contributed by atoms with Gasteiger partial charge in [0.05, 0.1) is 27.8 Å². The third-order valence-electron chi connectivity index (χ3n) is 12.7. The van der Waals surface area contributed by atoms with Gasteiger partial charge < -0.3 is 4.57 Å². The van der Waals surface area contributed by atoms with Crippen LogP contribution in [0, 0.1) is 0 Å². The Kier molecular flexibility index (Phi) is 8.39. The molecule has 0 fully saturated rings. The van der Waals surface area contributed by atoms with Gasteiger partial charge in [0.1, 0.15) is 0 Å². The molecule has 0 radical (unpaired) electrons. The van der Waals surface area contributed by atoms with Crippen LogP contribution in [0.4, 0.5) is 0 Å². The van der Waals surface area contributed by atoms with E-state index in [9.17, 15) is 0 Å². The zero-order valence-corrected chi connectivity index (χ0v) is 33.9. The van der Waals surface area contributed by atoms with E-state index in [1.165, 1.54) is 49.7 Å². The first-order valence-electron chi connectivity index (χ1n) is 21.2. The third kappa shape index (κ3) is 5.59. The first-order chi connectivity index (χ1) is 30.8. The van der Waals surface area contributed by atoms with Crippen molar-refractivity contribution in [1.82, 2.24) is 14.5 Å². The fraction of sp³-hybridized carbons (Fsp3) is 0.0169. The van der Waals surface area contributed by atoms with E-state index in [-0.39, 0.29) is 0 Å². The number of hydrogen-bond acceptors (Lipinski definition) is 2. The number of nitrogens with zero attached hydrogens (tertiary/aromatic N) is 3. The van der Waals surface area contributed by atoms with Crippen LogP contribution in [0.1, 0.15) is 22.3 Å². The fourth-order valence-corrected chi connectivity index (χ4v) is 9.99. The molecule has 2 aromatic heterocycles. The predicted octanol–water partition coefficient (Wildman–Crippen LogP) is 14.6. The number of rotatable bonds is 7. The van der Waals surface area contributed by atoms with E-state index in [4.69, 9.17) is 9.97 Å². The second-order valence-electron chi connectivity index (χ2n) is 16.1. The van der Waals surface area contributed by atoms with Gasteiger partial charge in [-0.25, -0.2) is 9.97 Å². The quantitative estimate of drug-likeness (QED) is 0.161. The highest BCUT2D eigenvalue weighted by molar-refractivity contribution is 6.11. The summed E-state index contributed by atoms with van der Waals surface area (Å²) < 4.78 is 2.38. The van der Waals surface area contributed by atoms with Crippen LogP contribution >= 0.6 is 0 Å². The summed E-state index contributed by atoms with van der Waals surface area (Å²) in [6.45, 7) is 0. The minimum absolute atomic E-state index is 0.589. The van der Waals surface area contributed by atoms with Gasteiger partial charge in [0.15, 0.2) is 5.82 Å². The molecule has 1 aliphatic carbocycles. The normalized spacial score (nSPS) is 12.6. The van der Waals surface area contributed by atoms with Gasteiger partial charge in [0.2, 0.25) is 0 Å². The monoisotopic (exact) mass is 789 g/mol. The summed E-state index contributed by atoms with van der Waals surface area (Å²) >= 11 is 0. The van der Waals surface area contributed by atoms with Crippen molar-refractivity contribution in [2.45, 2.75) is 5.41 Å². The third-order valence-corrected chi connectivity index (χ3v) is 12.7. The maximum atomic E-state index is 5.49. The van der Waals surface area contributed by atoms with Gasteiger partial charge in [-0.2, -0.15) is 0 Å². The van der Waals surface area contributed by atoms with Gasteiger partial charge in [-0.3, -0.25) is 0 Å². The summed E-state index contributed by atoms with van der Waals surface area (Å²) in [6.07, 6.45) is 0. The number of para-hydroxylation sites is 2. The Balaban J connectivity index is 1.20. The average Bonchev–Trinajstić information content (AvgIpc) is 3.85. The van der Waals surface area contributed by atoms with E-state index in [1.54, 1.807) is 0 Å². The average molecular weight is 790 g/mol. The Morgan fingerprint density at radius 1 is 0.323 bits per heavy atom. The Labute approximate surface area is 360 Å². The molecule has 0 unspecified atom stereocenters. The predicted molar refractivity (Wildman–Crippen MR) is 255 cm³/mol. The maximum Gasteiger partial charge on any atom is 0.161 e. The van der Waals surface area contributed by atoms with Crippen LogP contribution < -0.4 is 0 Å². The summed E-state index contributed by atoms with van der Waals surface area (Å²) in [5.41, 5.74) is 17.3. The van der Waals surface area contributed by atoms with E-state index in [0.717, 1.165) is 50.4 Å². The molecule has 12 rings (SSSR count). The van der Waals surface area contributed by atoms with Crippen LogP contribution in [-0.4, -0.2) is 14.5 Å². The van der Waals surface area contributed by atoms with Crippen molar-refractivity contribution in [2.75, 3.05) is 0 Å². The molecular weight excluding hydrogens is 751 g/mol. The van der Waals surface area contributed by atoms with Gasteiger partial charge in [-0.1, -0.05) is 188 Å². The molecule has 0 N–H and O–H groups in total. The fourth-order valence-electron chi connectivity index (χ4n) is 9.99. The van der Waals surface area contributed by atoms with Crippen molar-refractivity contribution < 1.29 is 0 Å². The molecule has 3 nitrogen and oxygen atoms in total. The molecule has 0 amide bonds. The lowest BCUT2D eigenvalue weighted by molar-refractivity contribution is 0.768. The zero-order valence-electron chi connectivity index (χ0n) is 33.9. The van der Waals surface area contributed by atoms with Gasteiger partial charge in [-0.05, 0) is 93.0 Å². The summed E-state index contributed by atoms with van der Waals surface area (Å²) in [5, 5.41) is 2.41. The molecule has 0 bridgehead atoms. The van der Waals surface area contributed by atoms with Crippen LogP contribution in [0.15, 0.2) is 237 Å². The summed E-state index contributed by atoms with van der Waals surface area (Å²) in [6, 6.07) is 85.2. The molecule has 0 saturated heterocycles. The molecule has 1 aliphatic rings. The Hall–Kier alpha value is -8.14. The highest BCUT2D eigenvalue weighted by atomic mass is 15.0. The van der Waals surface area contributed by atoms with Crippen molar-refractivity contribution in [2.24, 2.45) is 0 Å². The molecule has 2 heterocycles. The lowest BCUT2D eigenvalue weighted by Crippen LogP contribution is -2.28. The number of aromatic nitrogens is 3. The van der Waals surface area contributed by atoms with Gasteiger partial charge in [0, 0.05) is 33.2 Å². The van der Waals surface area contributed by atoms with Crippen molar-refractivity contribution in [3.63, 3.8) is 0 Å². The molecule has 0 aliphatic heterocycles. The lowest BCUT2D eigenvalue weighted by atomic mass is 9.67. The van der Waals surface area contributed by atoms with Gasteiger partial charge in [-0.15, -0.1) is 0 Å². The smallest absolute Gasteiger partial charge is 0.161 e. The van der Waals surface area contributed by atoms with Gasteiger partial charge >= 0.3 is 0 Å². The molecular formula is C59H39N3. The van der Waals surface area contributed by atoms with E-state index in [1.807, 2.05) is 0 Å². The molecule has 290 valence electrons. The van der Waals surface area contributed by atoms with E-state index >= 15 is 0 Å². The van der Waals surface area contributed by atoms with E-state index < -0.39 is 5.41 Å². The Bertz CT molecular complexity index is 3330. The zero-order chi connectivity index (χ0) is 41.0. The SMILES string of the molecule is c1ccc(-c2cc(-c3ccccc3)nc(-c3cc4c(cc3-c3ccc5c(c3)c3ccccc3n5-c3ccccc3)-c3ccccc3C4(c3ccccc3)c3ccccc3)n2)cc1. The molecule has 0 atom stereocenters. The highest BCUT2D eigenvalue weighted by Crippen LogP contribution is 2.58. The van der Waals surface area contributed by atoms with Crippen LogP contribution in [0.3, 0.4) is 0 Å². The van der Waals surface area contributed by atoms with Crippen LogP contribution in [0.2, 0.25) is 0 Å². The highest BCUT2D eigenvalue weighted by Gasteiger charge is 2.46. The number of benzene rings is 9. The first-order valence-corrected chi connectivity index (χ1v) is 21.2. The van der Waals surface area contributed by atoms with Crippen LogP contribution in [0.5, 0.6) is 0 Å². The number of hydrogen-bond donors (Lipinski definition) is 0.